The zero-order valence-electron chi connectivity index (χ0n) is 9.63. The molecule has 1 saturated heterocycles. The molecule has 16 heavy (non-hydrogen) atoms. The molecule has 0 aliphatic carbocycles. The van der Waals surface area contributed by atoms with Gasteiger partial charge in [-0.15, -0.1) is 0 Å². The lowest BCUT2D eigenvalue weighted by Gasteiger charge is -2.12. The topological polar surface area (TPSA) is 12.0 Å². The van der Waals surface area contributed by atoms with E-state index in [-0.39, 0.29) is 5.82 Å². The van der Waals surface area contributed by atoms with E-state index in [4.69, 9.17) is 0 Å². The summed E-state index contributed by atoms with van der Waals surface area (Å²) in [5.74, 6) is 2.39. The Labute approximate surface area is 101 Å². The van der Waals surface area contributed by atoms with Gasteiger partial charge in [-0.25, -0.2) is 4.39 Å². The number of aryl methyl sites for hydroxylation is 1. The van der Waals surface area contributed by atoms with Crippen LogP contribution in [-0.4, -0.2) is 24.1 Å². The first kappa shape index (κ1) is 11.9. The standard InChI is InChI=1S/C13H18FNS/c1-10-8-12(14)3-2-11(10)4-6-15-13-5-7-16-9-13/h2-3,8,13,15H,4-7,9H2,1H3. The minimum atomic E-state index is -0.138. The highest BCUT2D eigenvalue weighted by Gasteiger charge is 2.13. The number of benzene rings is 1. The van der Waals surface area contributed by atoms with Gasteiger partial charge in [0.1, 0.15) is 5.82 Å². The molecular formula is C13H18FNS. The van der Waals surface area contributed by atoms with Crippen LogP contribution in [0.3, 0.4) is 0 Å². The minimum Gasteiger partial charge on any atom is -0.313 e. The van der Waals surface area contributed by atoms with E-state index in [9.17, 15) is 4.39 Å². The third-order valence-corrected chi connectivity index (χ3v) is 4.22. The number of hydrogen-bond donors (Lipinski definition) is 1. The van der Waals surface area contributed by atoms with Crippen molar-refractivity contribution in [1.29, 1.82) is 0 Å². The van der Waals surface area contributed by atoms with E-state index in [2.05, 4.69) is 5.32 Å². The van der Waals surface area contributed by atoms with E-state index >= 15 is 0 Å². The molecule has 0 aromatic heterocycles. The maximum Gasteiger partial charge on any atom is 0.123 e. The van der Waals surface area contributed by atoms with Gasteiger partial charge in [0.05, 0.1) is 0 Å². The summed E-state index contributed by atoms with van der Waals surface area (Å²) in [4.78, 5) is 0. The van der Waals surface area contributed by atoms with Crippen LogP contribution in [0, 0.1) is 12.7 Å². The van der Waals surface area contributed by atoms with Crippen LogP contribution in [0.5, 0.6) is 0 Å². The molecule has 0 spiro atoms. The van der Waals surface area contributed by atoms with Gasteiger partial charge in [-0.3, -0.25) is 0 Å². The van der Waals surface area contributed by atoms with E-state index in [0.717, 1.165) is 18.5 Å². The Hall–Kier alpha value is -0.540. The van der Waals surface area contributed by atoms with Crippen molar-refractivity contribution in [3.05, 3.63) is 35.1 Å². The fraction of sp³-hybridized carbons (Fsp3) is 0.538. The van der Waals surface area contributed by atoms with Crippen molar-refractivity contribution >= 4 is 11.8 Å². The van der Waals surface area contributed by atoms with Crippen molar-refractivity contribution in [1.82, 2.24) is 5.32 Å². The maximum atomic E-state index is 12.9. The number of rotatable bonds is 4. The summed E-state index contributed by atoms with van der Waals surface area (Å²) in [6.07, 6.45) is 2.28. The Balaban J connectivity index is 1.80. The van der Waals surface area contributed by atoms with Crippen molar-refractivity contribution < 1.29 is 4.39 Å². The lowest BCUT2D eigenvalue weighted by atomic mass is 10.1. The quantitative estimate of drug-likeness (QED) is 0.867. The summed E-state index contributed by atoms with van der Waals surface area (Å²) in [5, 5.41) is 3.56. The average Bonchev–Trinajstić information content (AvgIpc) is 2.74. The minimum absolute atomic E-state index is 0.138. The van der Waals surface area contributed by atoms with Gasteiger partial charge in [-0.05, 0) is 55.3 Å². The van der Waals surface area contributed by atoms with Crippen LogP contribution >= 0.6 is 11.8 Å². The average molecular weight is 239 g/mol. The molecule has 1 atom stereocenters. The van der Waals surface area contributed by atoms with Crippen molar-refractivity contribution in [3.8, 4) is 0 Å². The third kappa shape index (κ3) is 3.22. The molecule has 0 amide bonds. The van der Waals surface area contributed by atoms with Crippen LogP contribution in [0.15, 0.2) is 18.2 Å². The predicted octanol–water partition coefficient (Wildman–Crippen LogP) is 2.77. The fourth-order valence-electron chi connectivity index (χ4n) is 2.05. The molecule has 0 bridgehead atoms. The summed E-state index contributed by atoms with van der Waals surface area (Å²) in [6.45, 7) is 2.97. The van der Waals surface area contributed by atoms with Crippen LogP contribution in [0.1, 0.15) is 17.5 Å². The summed E-state index contributed by atoms with van der Waals surface area (Å²) in [7, 11) is 0. The first-order valence-corrected chi connectivity index (χ1v) is 6.97. The Bertz CT molecular complexity index is 348. The molecule has 0 radical (unpaired) electrons. The van der Waals surface area contributed by atoms with Gasteiger partial charge in [0.2, 0.25) is 0 Å². The van der Waals surface area contributed by atoms with Gasteiger partial charge in [-0.2, -0.15) is 11.8 Å². The molecule has 1 aromatic rings. The summed E-state index contributed by atoms with van der Waals surface area (Å²) < 4.78 is 12.9. The van der Waals surface area contributed by atoms with Gasteiger partial charge >= 0.3 is 0 Å². The molecule has 1 aromatic carbocycles. The molecule has 1 nitrogen and oxygen atoms in total. The molecule has 1 aliphatic heterocycles. The van der Waals surface area contributed by atoms with Crippen LogP contribution in [0.4, 0.5) is 4.39 Å². The van der Waals surface area contributed by atoms with E-state index < -0.39 is 0 Å². The van der Waals surface area contributed by atoms with Gasteiger partial charge in [0, 0.05) is 11.8 Å². The Morgan fingerprint density at radius 1 is 1.50 bits per heavy atom. The fourth-order valence-corrected chi connectivity index (χ4v) is 3.23. The maximum absolute atomic E-state index is 12.9. The predicted molar refractivity (Wildman–Crippen MR) is 68.6 cm³/mol. The van der Waals surface area contributed by atoms with E-state index in [1.54, 1.807) is 12.1 Å². The highest BCUT2D eigenvalue weighted by Crippen LogP contribution is 2.17. The van der Waals surface area contributed by atoms with Crippen molar-refractivity contribution in [2.45, 2.75) is 25.8 Å². The summed E-state index contributed by atoms with van der Waals surface area (Å²) in [5.41, 5.74) is 2.31. The lowest BCUT2D eigenvalue weighted by Crippen LogP contribution is -2.30. The second-order valence-electron chi connectivity index (χ2n) is 4.34. The van der Waals surface area contributed by atoms with Gasteiger partial charge < -0.3 is 5.32 Å². The molecular weight excluding hydrogens is 221 g/mol. The number of nitrogens with one attached hydrogen (secondary N) is 1. The molecule has 1 fully saturated rings. The normalized spacial score (nSPS) is 20.2. The Kier molecular flexibility index (Phi) is 4.24. The van der Waals surface area contributed by atoms with Gasteiger partial charge in [-0.1, -0.05) is 6.07 Å². The number of hydrogen-bond acceptors (Lipinski definition) is 2. The van der Waals surface area contributed by atoms with Crippen molar-refractivity contribution in [2.75, 3.05) is 18.1 Å². The van der Waals surface area contributed by atoms with Gasteiger partial charge in [0.15, 0.2) is 0 Å². The van der Waals surface area contributed by atoms with Crippen LogP contribution < -0.4 is 5.32 Å². The smallest absolute Gasteiger partial charge is 0.123 e. The Morgan fingerprint density at radius 3 is 3.06 bits per heavy atom. The molecule has 1 unspecified atom stereocenters. The third-order valence-electron chi connectivity index (χ3n) is 3.06. The van der Waals surface area contributed by atoms with E-state index in [1.165, 1.54) is 23.5 Å². The first-order valence-electron chi connectivity index (χ1n) is 5.82. The second-order valence-corrected chi connectivity index (χ2v) is 5.49. The molecule has 1 aliphatic rings. The molecule has 0 saturated carbocycles. The largest absolute Gasteiger partial charge is 0.313 e. The highest BCUT2D eigenvalue weighted by atomic mass is 32.2. The zero-order chi connectivity index (χ0) is 11.4. The molecule has 3 heteroatoms. The van der Waals surface area contributed by atoms with E-state index in [1.807, 2.05) is 24.8 Å². The second kappa shape index (κ2) is 5.69. The molecule has 1 heterocycles. The van der Waals surface area contributed by atoms with E-state index in [0.29, 0.717) is 6.04 Å². The first-order chi connectivity index (χ1) is 7.75. The van der Waals surface area contributed by atoms with Gasteiger partial charge in [0.25, 0.3) is 0 Å². The summed E-state index contributed by atoms with van der Waals surface area (Å²) >= 11 is 2.02. The number of thioether (sulfide) groups is 1. The molecule has 88 valence electrons. The molecule has 1 N–H and O–H groups in total. The number of halogens is 1. The Morgan fingerprint density at radius 2 is 2.38 bits per heavy atom. The van der Waals surface area contributed by atoms with Crippen LogP contribution in [0.2, 0.25) is 0 Å². The lowest BCUT2D eigenvalue weighted by molar-refractivity contribution is 0.559. The van der Waals surface area contributed by atoms with Crippen molar-refractivity contribution in [3.63, 3.8) is 0 Å². The zero-order valence-corrected chi connectivity index (χ0v) is 10.4. The SMILES string of the molecule is Cc1cc(F)ccc1CCNC1CCSC1. The molecule has 2 rings (SSSR count). The monoisotopic (exact) mass is 239 g/mol. The summed E-state index contributed by atoms with van der Waals surface area (Å²) in [6, 6.07) is 5.75. The highest BCUT2D eigenvalue weighted by molar-refractivity contribution is 7.99. The van der Waals surface area contributed by atoms with Crippen LogP contribution in [0.25, 0.3) is 0 Å². The van der Waals surface area contributed by atoms with Crippen molar-refractivity contribution in [2.24, 2.45) is 0 Å². The van der Waals surface area contributed by atoms with Crippen LogP contribution in [-0.2, 0) is 6.42 Å².